The number of fused-ring (bicyclic) bond motifs is 1. The highest BCUT2D eigenvalue weighted by Gasteiger charge is 2.22. The van der Waals surface area contributed by atoms with Crippen molar-refractivity contribution in [2.75, 3.05) is 0 Å². The number of amides is 1. The SMILES string of the molecule is CCc1nc(C)ncc1C(=O)NC1CCc2nccn2C1. The molecule has 1 aliphatic rings. The molecular weight excluding hydrogens is 266 g/mol. The molecule has 2 aromatic heterocycles. The Bertz CT molecular complexity index is 664. The highest BCUT2D eigenvalue weighted by Crippen LogP contribution is 2.14. The molecule has 0 radical (unpaired) electrons. The van der Waals surface area contributed by atoms with Gasteiger partial charge in [-0.15, -0.1) is 0 Å². The quantitative estimate of drug-likeness (QED) is 0.922. The fourth-order valence-corrected chi connectivity index (χ4v) is 2.72. The van der Waals surface area contributed by atoms with Crippen molar-refractivity contribution >= 4 is 5.91 Å². The van der Waals surface area contributed by atoms with Crippen molar-refractivity contribution in [2.24, 2.45) is 0 Å². The van der Waals surface area contributed by atoms with Crippen molar-refractivity contribution in [2.45, 2.75) is 45.7 Å². The lowest BCUT2D eigenvalue weighted by Crippen LogP contribution is -2.41. The maximum atomic E-state index is 12.4. The second-order valence-electron chi connectivity index (χ2n) is 5.34. The molecule has 3 rings (SSSR count). The van der Waals surface area contributed by atoms with Crippen molar-refractivity contribution in [3.63, 3.8) is 0 Å². The lowest BCUT2D eigenvalue weighted by Gasteiger charge is -2.25. The highest BCUT2D eigenvalue weighted by atomic mass is 16.1. The largest absolute Gasteiger partial charge is 0.347 e. The zero-order chi connectivity index (χ0) is 14.8. The first kappa shape index (κ1) is 13.7. The van der Waals surface area contributed by atoms with Gasteiger partial charge in [-0.2, -0.15) is 0 Å². The summed E-state index contributed by atoms with van der Waals surface area (Å²) in [7, 11) is 0. The second-order valence-corrected chi connectivity index (χ2v) is 5.34. The summed E-state index contributed by atoms with van der Waals surface area (Å²) in [6, 6.07) is 0.130. The Balaban J connectivity index is 1.73. The smallest absolute Gasteiger partial charge is 0.254 e. The van der Waals surface area contributed by atoms with E-state index in [0.717, 1.165) is 37.3 Å². The van der Waals surface area contributed by atoms with E-state index in [9.17, 15) is 4.79 Å². The average molecular weight is 285 g/mol. The van der Waals surface area contributed by atoms with Gasteiger partial charge in [0.2, 0.25) is 0 Å². The van der Waals surface area contributed by atoms with Crippen LogP contribution in [0, 0.1) is 6.92 Å². The van der Waals surface area contributed by atoms with Crippen molar-refractivity contribution in [1.82, 2.24) is 24.8 Å². The summed E-state index contributed by atoms with van der Waals surface area (Å²) in [4.78, 5) is 25.2. The van der Waals surface area contributed by atoms with Crippen LogP contribution < -0.4 is 5.32 Å². The molecule has 0 bridgehead atoms. The van der Waals surface area contributed by atoms with Crippen molar-refractivity contribution in [3.8, 4) is 0 Å². The van der Waals surface area contributed by atoms with E-state index in [1.807, 2.05) is 26.2 Å². The number of nitrogens with one attached hydrogen (secondary N) is 1. The Hall–Kier alpha value is -2.24. The van der Waals surface area contributed by atoms with Gasteiger partial charge in [0.1, 0.15) is 11.6 Å². The molecule has 1 unspecified atom stereocenters. The number of imidazole rings is 1. The van der Waals surface area contributed by atoms with E-state index in [4.69, 9.17) is 0 Å². The van der Waals surface area contributed by atoms with Crippen LogP contribution >= 0.6 is 0 Å². The van der Waals surface area contributed by atoms with Gasteiger partial charge in [-0.1, -0.05) is 6.92 Å². The number of hydrogen-bond acceptors (Lipinski definition) is 4. The molecule has 110 valence electrons. The van der Waals surface area contributed by atoms with E-state index >= 15 is 0 Å². The molecule has 21 heavy (non-hydrogen) atoms. The Morgan fingerprint density at radius 1 is 1.48 bits per heavy atom. The highest BCUT2D eigenvalue weighted by molar-refractivity contribution is 5.95. The zero-order valence-electron chi connectivity index (χ0n) is 12.3. The normalized spacial score (nSPS) is 17.3. The third-order valence-electron chi connectivity index (χ3n) is 3.84. The molecule has 0 fully saturated rings. The molecule has 0 saturated heterocycles. The van der Waals surface area contributed by atoms with Crippen molar-refractivity contribution in [3.05, 3.63) is 41.5 Å². The standard InChI is InChI=1S/C15H19N5O/c1-3-13-12(8-17-10(2)18-13)15(21)19-11-4-5-14-16-6-7-20(14)9-11/h6-8,11H,3-5,9H2,1-2H3,(H,19,21). The average Bonchev–Trinajstić information content (AvgIpc) is 2.94. The first-order chi connectivity index (χ1) is 10.2. The fourth-order valence-electron chi connectivity index (χ4n) is 2.72. The van der Waals surface area contributed by atoms with Crippen LogP contribution in [-0.4, -0.2) is 31.5 Å². The lowest BCUT2D eigenvalue weighted by molar-refractivity contribution is 0.0925. The maximum absolute atomic E-state index is 12.4. The van der Waals surface area contributed by atoms with Gasteiger partial charge >= 0.3 is 0 Å². The minimum absolute atomic E-state index is 0.0829. The maximum Gasteiger partial charge on any atom is 0.254 e. The minimum atomic E-state index is -0.0829. The number of aryl methyl sites for hydroxylation is 3. The summed E-state index contributed by atoms with van der Waals surface area (Å²) < 4.78 is 2.10. The van der Waals surface area contributed by atoms with Gasteiger partial charge in [0.15, 0.2) is 0 Å². The van der Waals surface area contributed by atoms with E-state index in [1.54, 1.807) is 6.20 Å². The molecule has 0 spiro atoms. The third kappa shape index (κ3) is 2.79. The van der Waals surface area contributed by atoms with Crippen LogP contribution in [0.4, 0.5) is 0 Å². The molecule has 1 N–H and O–H groups in total. The summed E-state index contributed by atoms with van der Waals surface area (Å²) in [5, 5.41) is 3.09. The number of carbonyl (C=O) groups excluding carboxylic acids is 1. The van der Waals surface area contributed by atoms with Crippen molar-refractivity contribution < 1.29 is 4.79 Å². The van der Waals surface area contributed by atoms with E-state index < -0.39 is 0 Å². The Labute approximate surface area is 123 Å². The van der Waals surface area contributed by atoms with Gasteiger partial charge in [-0.3, -0.25) is 4.79 Å². The number of aromatic nitrogens is 4. The molecule has 6 heteroatoms. The monoisotopic (exact) mass is 285 g/mol. The van der Waals surface area contributed by atoms with Crippen LogP contribution in [0.5, 0.6) is 0 Å². The molecule has 1 atom stereocenters. The summed E-state index contributed by atoms with van der Waals surface area (Å²) >= 11 is 0. The molecular formula is C15H19N5O. The van der Waals surface area contributed by atoms with E-state index in [2.05, 4.69) is 24.8 Å². The number of rotatable bonds is 3. The van der Waals surface area contributed by atoms with Gasteiger partial charge in [0.05, 0.1) is 11.3 Å². The summed E-state index contributed by atoms with van der Waals surface area (Å²) in [6.07, 6.45) is 7.92. The van der Waals surface area contributed by atoms with Crippen LogP contribution in [0.25, 0.3) is 0 Å². The van der Waals surface area contributed by atoms with E-state index in [0.29, 0.717) is 11.4 Å². The minimum Gasteiger partial charge on any atom is -0.347 e. The number of hydrogen-bond donors (Lipinski definition) is 1. The number of carbonyl (C=O) groups is 1. The lowest BCUT2D eigenvalue weighted by atomic mass is 10.1. The third-order valence-corrected chi connectivity index (χ3v) is 3.84. The first-order valence-electron chi connectivity index (χ1n) is 7.30. The summed E-state index contributed by atoms with van der Waals surface area (Å²) in [5.41, 5.74) is 1.39. The van der Waals surface area contributed by atoms with Gasteiger partial charge in [0.25, 0.3) is 5.91 Å². The topological polar surface area (TPSA) is 72.7 Å². The molecule has 2 aromatic rings. The van der Waals surface area contributed by atoms with Gasteiger partial charge in [0, 0.05) is 37.6 Å². The van der Waals surface area contributed by atoms with Crippen LogP contribution in [-0.2, 0) is 19.4 Å². The molecule has 0 saturated carbocycles. The van der Waals surface area contributed by atoms with E-state index in [1.165, 1.54) is 0 Å². The van der Waals surface area contributed by atoms with Crippen LogP contribution in [0.15, 0.2) is 18.6 Å². The van der Waals surface area contributed by atoms with Crippen LogP contribution in [0.2, 0.25) is 0 Å². The second kappa shape index (κ2) is 5.63. The predicted molar refractivity (Wildman–Crippen MR) is 77.9 cm³/mol. The van der Waals surface area contributed by atoms with Crippen LogP contribution in [0.3, 0.4) is 0 Å². The Morgan fingerprint density at radius 2 is 2.33 bits per heavy atom. The molecule has 1 amide bonds. The fraction of sp³-hybridized carbons (Fsp3) is 0.467. The summed E-state index contributed by atoms with van der Waals surface area (Å²) in [6.45, 7) is 4.61. The molecule has 0 aliphatic carbocycles. The number of nitrogens with zero attached hydrogens (tertiary/aromatic N) is 4. The zero-order valence-corrected chi connectivity index (χ0v) is 12.3. The predicted octanol–water partition coefficient (Wildman–Crippen LogP) is 1.29. The van der Waals surface area contributed by atoms with Gasteiger partial charge in [-0.05, 0) is 19.8 Å². The summed E-state index contributed by atoms with van der Waals surface area (Å²) in [5.74, 6) is 1.71. The Kier molecular flexibility index (Phi) is 3.68. The van der Waals surface area contributed by atoms with Crippen molar-refractivity contribution in [1.29, 1.82) is 0 Å². The van der Waals surface area contributed by atoms with E-state index in [-0.39, 0.29) is 11.9 Å². The molecule has 6 nitrogen and oxygen atoms in total. The Morgan fingerprint density at radius 3 is 3.14 bits per heavy atom. The van der Waals surface area contributed by atoms with Crippen LogP contribution in [0.1, 0.15) is 41.0 Å². The molecule has 0 aromatic carbocycles. The van der Waals surface area contributed by atoms with Gasteiger partial charge < -0.3 is 9.88 Å². The molecule has 1 aliphatic heterocycles. The first-order valence-corrected chi connectivity index (χ1v) is 7.30. The molecule has 3 heterocycles. The van der Waals surface area contributed by atoms with Gasteiger partial charge in [-0.25, -0.2) is 15.0 Å².